The fourth-order valence-electron chi connectivity index (χ4n) is 3.27. The van der Waals surface area contributed by atoms with Crippen LogP contribution in [0.5, 0.6) is 0 Å². The number of hydrogen-bond donors (Lipinski definition) is 0. The maximum Gasteiger partial charge on any atom is 0.449 e. The molecule has 0 heterocycles. The molecular weight excluding hydrogens is 825 g/mol. The number of ether oxygens (including phenoxy) is 4. The Kier molecular flexibility index (Phi) is 15.3. The Labute approximate surface area is 275 Å². The van der Waals surface area contributed by atoms with Gasteiger partial charge in [0, 0.05) is 0 Å². The van der Waals surface area contributed by atoms with E-state index >= 15 is 0 Å². The standard InChI is InChI=1S/C23H11F23O7/c24-8(25)1-11(47)50-4-16(5-51-12(48)2-9(26)27,6-52-13(49)3-10(28)29)7-53-15(19(32,33)34)14(17(30,20(35,36)37)21(38,39)40)18(31,22(41,42)43)23(44,45)46/h1-3H,4-7H2. The van der Waals surface area contributed by atoms with Gasteiger partial charge in [-0.1, -0.05) is 0 Å². The smallest absolute Gasteiger partial charge is 0.449 e. The van der Waals surface area contributed by atoms with E-state index in [9.17, 15) is 115 Å². The van der Waals surface area contributed by atoms with Crippen LogP contribution in [0, 0.1) is 5.41 Å². The van der Waals surface area contributed by atoms with Crippen LogP contribution in [0.2, 0.25) is 0 Å². The molecule has 30 heteroatoms. The van der Waals surface area contributed by atoms with E-state index in [4.69, 9.17) is 0 Å². The average Bonchev–Trinajstić information content (AvgIpc) is 2.90. The van der Waals surface area contributed by atoms with Crippen molar-refractivity contribution in [1.29, 1.82) is 0 Å². The number of rotatable bonds is 14. The summed E-state index contributed by atoms with van der Waals surface area (Å²) < 4.78 is 323. The molecule has 0 radical (unpaired) electrons. The monoisotopic (exact) mass is 836 g/mol. The van der Waals surface area contributed by atoms with E-state index < -0.39 is 140 Å². The highest BCUT2D eigenvalue weighted by molar-refractivity contribution is 5.83. The molecule has 7 nitrogen and oxygen atoms in total. The largest absolute Gasteiger partial charge is 0.488 e. The summed E-state index contributed by atoms with van der Waals surface area (Å²) in [5, 5.41) is 0. The topological polar surface area (TPSA) is 88.1 Å². The van der Waals surface area contributed by atoms with Crippen LogP contribution in [0.4, 0.5) is 101 Å². The van der Waals surface area contributed by atoms with Crippen molar-refractivity contribution >= 4 is 17.9 Å². The number of halogens is 23. The van der Waals surface area contributed by atoms with Gasteiger partial charge in [-0.25, -0.2) is 23.2 Å². The molecule has 0 aromatic carbocycles. The molecule has 306 valence electrons. The van der Waals surface area contributed by atoms with Crippen molar-refractivity contribution < 1.29 is 134 Å². The fourth-order valence-corrected chi connectivity index (χ4v) is 3.27. The van der Waals surface area contributed by atoms with Gasteiger partial charge in [-0.05, 0) is 0 Å². The molecule has 0 aliphatic carbocycles. The minimum Gasteiger partial charge on any atom is -0.488 e. The molecule has 0 rings (SSSR count). The van der Waals surface area contributed by atoms with E-state index in [2.05, 4.69) is 18.9 Å². The quantitative estimate of drug-likeness (QED) is 0.0571. The lowest BCUT2D eigenvalue weighted by Crippen LogP contribution is -2.66. The SMILES string of the molecule is O=C(C=C(F)F)OCC(COC(=O)C=C(F)F)(COC(=O)C=C(F)F)COC(=C(C(F)(C(F)(F)F)C(F)(F)F)C(F)(C(F)(F)F)C(F)(F)F)C(F)(F)F. The minimum absolute atomic E-state index is 0.903. The van der Waals surface area contributed by atoms with Crippen LogP contribution in [0.25, 0.3) is 0 Å². The predicted molar refractivity (Wildman–Crippen MR) is 117 cm³/mol. The lowest BCUT2D eigenvalue weighted by Gasteiger charge is -2.41. The maximum absolute atomic E-state index is 15.0. The molecular formula is C23H11F23O7. The van der Waals surface area contributed by atoms with E-state index in [0.717, 1.165) is 0 Å². The highest BCUT2D eigenvalue weighted by Crippen LogP contribution is 2.63. The van der Waals surface area contributed by atoms with Gasteiger partial charge in [0.2, 0.25) is 5.76 Å². The third-order valence-electron chi connectivity index (χ3n) is 5.50. The van der Waals surface area contributed by atoms with Crippen LogP contribution in [-0.4, -0.2) is 86.6 Å². The summed E-state index contributed by atoms with van der Waals surface area (Å²) in [7, 11) is 0. The normalized spacial score (nSPS) is 13.3. The predicted octanol–water partition coefficient (Wildman–Crippen LogP) is 8.44. The molecule has 0 amide bonds. The van der Waals surface area contributed by atoms with Crippen molar-refractivity contribution in [2.75, 3.05) is 26.4 Å². The van der Waals surface area contributed by atoms with E-state index in [1.165, 1.54) is 0 Å². The Morgan fingerprint density at radius 2 is 0.623 bits per heavy atom. The van der Waals surface area contributed by atoms with Crippen LogP contribution in [0.1, 0.15) is 0 Å². The Bertz CT molecular complexity index is 1300. The highest BCUT2D eigenvalue weighted by Gasteiger charge is 2.88. The molecule has 53 heavy (non-hydrogen) atoms. The molecule has 0 fully saturated rings. The Balaban J connectivity index is 8.47. The molecule has 0 aromatic heterocycles. The summed E-state index contributed by atoms with van der Waals surface area (Å²) in [4.78, 5) is 34.6. The second-order valence-electron chi connectivity index (χ2n) is 9.42. The van der Waals surface area contributed by atoms with Crippen LogP contribution in [0.15, 0.2) is 47.8 Å². The maximum atomic E-state index is 15.0. The van der Waals surface area contributed by atoms with Crippen LogP contribution >= 0.6 is 0 Å². The molecule has 0 bridgehead atoms. The molecule has 0 aliphatic heterocycles. The van der Waals surface area contributed by atoms with E-state index in [1.54, 1.807) is 0 Å². The Morgan fingerprint density at radius 1 is 0.396 bits per heavy atom. The van der Waals surface area contributed by atoms with Crippen molar-refractivity contribution in [2.24, 2.45) is 5.41 Å². The molecule has 0 unspecified atom stereocenters. The lowest BCUT2D eigenvalue weighted by molar-refractivity contribution is -0.366. The third kappa shape index (κ3) is 12.3. The van der Waals surface area contributed by atoms with Crippen molar-refractivity contribution in [1.82, 2.24) is 0 Å². The summed E-state index contributed by atoms with van der Waals surface area (Å²) in [5.74, 6) is -12.6. The van der Waals surface area contributed by atoms with Gasteiger partial charge < -0.3 is 18.9 Å². The van der Waals surface area contributed by atoms with Gasteiger partial charge in [0.25, 0.3) is 18.2 Å². The zero-order valence-electron chi connectivity index (χ0n) is 24.1. The van der Waals surface area contributed by atoms with E-state index in [1.807, 2.05) is 0 Å². The van der Waals surface area contributed by atoms with Gasteiger partial charge in [0.15, 0.2) is 0 Å². The molecule has 0 aromatic rings. The summed E-state index contributed by atoms with van der Waals surface area (Å²) in [6, 6.07) is 0. The Hall–Kier alpha value is -4.44. The van der Waals surface area contributed by atoms with Crippen LogP contribution < -0.4 is 0 Å². The molecule has 0 spiro atoms. The van der Waals surface area contributed by atoms with Crippen molar-refractivity contribution in [3.05, 3.63) is 47.8 Å². The first-order valence-electron chi connectivity index (χ1n) is 12.1. The summed E-state index contributed by atoms with van der Waals surface area (Å²) in [6.45, 7) is -10.3. The fraction of sp³-hybridized carbons (Fsp3) is 0.522. The second-order valence-corrected chi connectivity index (χ2v) is 9.42. The number of carbonyl (C=O) groups excluding carboxylic acids is 3. The first-order valence-corrected chi connectivity index (χ1v) is 12.1. The summed E-state index contributed by atoms with van der Waals surface area (Å²) >= 11 is 0. The highest BCUT2D eigenvalue weighted by atomic mass is 19.4. The zero-order valence-corrected chi connectivity index (χ0v) is 24.1. The van der Waals surface area contributed by atoms with Gasteiger partial charge in [-0.3, -0.25) is 0 Å². The van der Waals surface area contributed by atoms with Gasteiger partial charge in [-0.2, -0.15) is 92.2 Å². The molecule has 0 saturated carbocycles. The summed E-state index contributed by atoms with van der Waals surface area (Å²) in [5.41, 5.74) is -27.3. The van der Waals surface area contributed by atoms with Gasteiger partial charge in [0.1, 0.15) is 31.8 Å². The minimum atomic E-state index is -8.71. The van der Waals surface area contributed by atoms with E-state index in [-0.39, 0.29) is 0 Å². The van der Waals surface area contributed by atoms with Crippen molar-refractivity contribution in [2.45, 2.75) is 42.2 Å². The second kappa shape index (κ2) is 16.7. The number of allylic oxidation sites excluding steroid dienone is 2. The number of alkyl halides is 17. The Morgan fingerprint density at radius 3 is 0.811 bits per heavy atom. The van der Waals surface area contributed by atoms with E-state index in [0.29, 0.717) is 0 Å². The van der Waals surface area contributed by atoms with Crippen molar-refractivity contribution in [3.8, 4) is 0 Å². The van der Waals surface area contributed by atoms with Gasteiger partial charge in [0.05, 0.1) is 23.8 Å². The first-order chi connectivity index (χ1) is 23.4. The first kappa shape index (κ1) is 48.6. The summed E-state index contributed by atoms with van der Waals surface area (Å²) in [6.07, 6.45) is -53.5. The molecule has 0 saturated heterocycles. The number of carbonyl (C=O) groups is 3. The molecule has 0 N–H and O–H groups in total. The zero-order chi connectivity index (χ0) is 42.4. The van der Waals surface area contributed by atoms with Crippen molar-refractivity contribution in [3.63, 3.8) is 0 Å². The number of hydrogen-bond acceptors (Lipinski definition) is 7. The van der Waals surface area contributed by atoms with Gasteiger partial charge in [-0.15, -0.1) is 0 Å². The lowest BCUT2D eigenvalue weighted by atomic mass is 9.79. The van der Waals surface area contributed by atoms with Gasteiger partial charge >= 0.3 is 60.1 Å². The molecule has 0 atom stereocenters. The number of esters is 3. The average molecular weight is 836 g/mol. The van der Waals surface area contributed by atoms with Crippen LogP contribution in [0.3, 0.4) is 0 Å². The third-order valence-corrected chi connectivity index (χ3v) is 5.50. The van der Waals surface area contributed by atoms with Crippen LogP contribution in [-0.2, 0) is 33.3 Å². The molecule has 0 aliphatic rings.